The first-order chi connectivity index (χ1) is 10.8. The molecule has 0 unspecified atom stereocenters. The smallest absolute Gasteiger partial charge is 0.0483 e. The number of nitrogens with zero attached hydrogens (tertiary/aromatic N) is 2. The molecule has 120 valence electrons. The number of fused-ring (bicyclic) bond motifs is 1. The zero-order valence-electron chi connectivity index (χ0n) is 14.0. The predicted octanol–water partition coefficient (Wildman–Crippen LogP) is 4.81. The zero-order valence-corrected chi connectivity index (χ0v) is 14.8. The van der Waals surface area contributed by atoms with Gasteiger partial charge >= 0.3 is 0 Å². The Morgan fingerprint density at radius 1 is 1.09 bits per heavy atom. The fourth-order valence-corrected chi connectivity index (χ4v) is 4.53. The van der Waals surface area contributed by atoms with Crippen LogP contribution in [-0.4, -0.2) is 28.3 Å². The summed E-state index contributed by atoms with van der Waals surface area (Å²) in [5.41, 5.74) is 4.50. The van der Waals surface area contributed by atoms with Gasteiger partial charge in [-0.25, -0.2) is 0 Å². The highest BCUT2D eigenvalue weighted by atomic mass is 32.2. The van der Waals surface area contributed by atoms with Crippen LogP contribution in [0.2, 0.25) is 0 Å². The summed E-state index contributed by atoms with van der Waals surface area (Å²) in [5.74, 6) is 2.40. The average Bonchev–Trinajstić information content (AvgIpc) is 2.82. The lowest BCUT2D eigenvalue weighted by Gasteiger charge is -2.26. The third-order valence-corrected chi connectivity index (χ3v) is 5.94. The largest absolute Gasteiger partial charge is 0.347 e. The van der Waals surface area contributed by atoms with Crippen molar-refractivity contribution in [3.8, 4) is 0 Å². The molecule has 0 N–H and O–H groups in total. The number of aromatic nitrogens is 1. The van der Waals surface area contributed by atoms with Gasteiger partial charge in [-0.05, 0) is 49.7 Å². The van der Waals surface area contributed by atoms with Crippen LogP contribution in [0.15, 0.2) is 24.3 Å². The van der Waals surface area contributed by atoms with Crippen LogP contribution in [0.25, 0.3) is 10.9 Å². The lowest BCUT2D eigenvalue weighted by atomic mass is 10.1. The molecule has 0 saturated carbocycles. The summed E-state index contributed by atoms with van der Waals surface area (Å²) < 4.78 is 2.43. The van der Waals surface area contributed by atoms with Gasteiger partial charge in [-0.15, -0.1) is 0 Å². The van der Waals surface area contributed by atoms with Crippen molar-refractivity contribution in [2.24, 2.45) is 7.05 Å². The number of rotatable bonds is 6. The van der Waals surface area contributed by atoms with Gasteiger partial charge in [-0.1, -0.05) is 31.5 Å². The van der Waals surface area contributed by atoms with Crippen molar-refractivity contribution in [2.75, 3.05) is 18.8 Å². The lowest BCUT2D eigenvalue weighted by molar-refractivity contribution is 0.221. The molecule has 1 aromatic heterocycles. The van der Waals surface area contributed by atoms with Crippen LogP contribution in [0.4, 0.5) is 0 Å². The molecule has 3 rings (SSSR count). The maximum Gasteiger partial charge on any atom is 0.0483 e. The maximum absolute atomic E-state index is 2.65. The molecule has 0 bridgehead atoms. The van der Waals surface area contributed by atoms with Crippen LogP contribution in [-0.2, 0) is 19.3 Å². The molecule has 0 aliphatic carbocycles. The number of likely N-dealkylation sites (tertiary alicyclic amines) is 1. The van der Waals surface area contributed by atoms with E-state index in [2.05, 4.69) is 59.5 Å². The lowest BCUT2D eigenvalue weighted by Crippen LogP contribution is -2.29. The minimum absolute atomic E-state index is 1.13. The topological polar surface area (TPSA) is 8.17 Å². The number of hydrogen-bond acceptors (Lipinski definition) is 2. The molecule has 2 heterocycles. The van der Waals surface area contributed by atoms with E-state index in [1.54, 1.807) is 5.56 Å². The molecule has 1 aromatic carbocycles. The number of para-hydroxylation sites is 1. The fourth-order valence-electron chi connectivity index (χ4n) is 3.54. The van der Waals surface area contributed by atoms with Crippen molar-refractivity contribution in [1.29, 1.82) is 0 Å². The molecule has 1 aliphatic heterocycles. The highest BCUT2D eigenvalue weighted by molar-refractivity contribution is 7.98. The molecule has 22 heavy (non-hydrogen) atoms. The van der Waals surface area contributed by atoms with E-state index in [0.717, 1.165) is 12.3 Å². The van der Waals surface area contributed by atoms with Crippen molar-refractivity contribution in [1.82, 2.24) is 9.47 Å². The van der Waals surface area contributed by atoms with E-state index in [-0.39, 0.29) is 0 Å². The molecule has 3 heteroatoms. The minimum Gasteiger partial charge on any atom is -0.347 e. The van der Waals surface area contributed by atoms with Gasteiger partial charge in [0.05, 0.1) is 0 Å². The Morgan fingerprint density at radius 3 is 2.64 bits per heavy atom. The van der Waals surface area contributed by atoms with E-state index in [0.29, 0.717) is 0 Å². The van der Waals surface area contributed by atoms with Gasteiger partial charge in [-0.3, -0.25) is 4.90 Å². The monoisotopic (exact) mass is 316 g/mol. The second-order valence-corrected chi connectivity index (χ2v) is 7.50. The highest BCUT2D eigenvalue weighted by Gasteiger charge is 2.18. The average molecular weight is 317 g/mol. The standard InChI is InChI=1S/C19H28N2S/c1-3-13-22-15-19-17(14-21-11-7-4-8-12-21)16-9-5-6-10-18(16)20(19)2/h5-6,9-10H,3-4,7-8,11-15H2,1-2H3. The zero-order chi connectivity index (χ0) is 15.4. The minimum atomic E-state index is 1.13. The Bertz CT molecular complexity index is 611. The fraction of sp³-hybridized carbons (Fsp3) is 0.579. The first-order valence-corrected chi connectivity index (χ1v) is 9.82. The molecule has 2 nitrogen and oxygen atoms in total. The molecular formula is C19H28N2S. The van der Waals surface area contributed by atoms with Crippen LogP contribution in [0, 0.1) is 0 Å². The van der Waals surface area contributed by atoms with Crippen molar-refractivity contribution >= 4 is 22.7 Å². The van der Waals surface area contributed by atoms with E-state index in [1.165, 1.54) is 61.1 Å². The number of thioether (sulfide) groups is 1. The summed E-state index contributed by atoms with van der Waals surface area (Å²) >= 11 is 2.07. The van der Waals surface area contributed by atoms with Crippen molar-refractivity contribution in [2.45, 2.75) is 44.9 Å². The van der Waals surface area contributed by atoms with Gasteiger partial charge in [0.2, 0.25) is 0 Å². The predicted molar refractivity (Wildman–Crippen MR) is 98.5 cm³/mol. The van der Waals surface area contributed by atoms with Crippen LogP contribution in [0.5, 0.6) is 0 Å². The van der Waals surface area contributed by atoms with Gasteiger partial charge in [0.1, 0.15) is 0 Å². The van der Waals surface area contributed by atoms with Gasteiger partial charge in [0.15, 0.2) is 0 Å². The molecular weight excluding hydrogens is 288 g/mol. The Labute approximate surface area is 138 Å². The Hall–Kier alpha value is -0.930. The molecule has 0 radical (unpaired) electrons. The third kappa shape index (κ3) is 3.36. The molecule has 1 aliphatic rings. The summed E-state index contributed by atoms with van der Waals surface area (Å²) in [6.07, 6.45) is 5.40. The Morgan fingerprint density at radius 2 is 1.86 bits per heavy atom. The molecule has 0 atom stereocenters. The van der Waals surface area contributed by atoms with Gasteiger partial charge < -0.3 is 4.57 Å². The second-order valence-electron chi connectivity index (χ2n) is 6.39. The van der Waals surface area contributed by atoms with Crippen LogP contribution in [0.1, 0.15) is 43.9 Å². The number of piperidine rings is 1. The Kier molecular flexibility index (Phi) is 5.48. The molecule has 2 aromatic rings. The highest BCUT2D eigenvalue weighted by Crippen LogP contribution is 2.30. The van der Waals surface area contributed by atoms with Crippen molar-refractivity contribution in [3.63, 3.8) is 0 Å². The number of hydrogen-bond donors (Lipinski definition) is 0. The van der Waals surface area contributed by atoms with E-state index < -0.39 is 0 Å². The Balaban J connectivity index is 1.91. The summed E-state index contributed by atoms with van der Waals surface area (Å²) in [5, 5.41) is 1.46. The quantitative estimate of drug-likeness (QED) is 0.707. The summed E-state index contributed by atoms with van der Waals surface area (Å²) in [4.78, 5) is 2.65. The van der Waals surface area contributed by atoms with Gasteiger partial charge in [0.25, 0.3) is 0 Å². The van der Waals surface area contributed by atoms with E-state index in [1.807, 2.05) is 0 Å². The molecule has 0 amide bonds. The van der Waals surface area contributed by atoms with Gasteiger partial charge in [0, 0.05) is 35.9 Å². The van der Waals surface area contributed by atoms with Crippen molar-refractivity contribution in [3.05, 3.63) is 35.5 Å². The van der Waals surface area contributed by atoms with Gasteiger partial charge in [-0.2, -0.15) is 11.8 Å². The third-order valence-electron chi connectivity index (χ3n) is 4.76. The number of benzene rings is 1. The normalized spacial score (nSPS) is 16.5. The van der Waals surface area contributed by atoms with E-state index in [9.17, 15) is 0 Å². The number of aryl methyl sites for hydroxylation is 1. The summed E-state index contributed by atoms with van der Waals surface area (Å²) in [6.45, 7) is 5.93. The summed E-state index contributed by atoms with van der Waals surface area (Å²) in [7, 11) is 2.24. The first kappa shape index (κ1) is 15.9. The van der Waals surface area contributed by atoms with Crippen LogP contribution in [0.3, 0.4) is 0 Å². The molecule has 1 fully saturated rings. The van der Waals surface area contributed by atoms with E-state index in [4.69, 9.17) is 0 Å². The maximum atomic E-state index is 2.65. The molecule has 0 spiro atoms. The molecule has 1 saturated heterocycles. The second kappa shape index (κ2) is 7.56. The van der Waals surface area contributed by atoms with E-state index >= 15 is 0 Å². The van der Waals surface area contributed by atoms with Crippen LogP contribution >= 0.6 is 11.8 Å². The first-order valence-electron chi connectivity index (χ1n) is 8.66. The SMILES string of the molecule is CCCSCc1c(CN2CCCCC2)c2ccccc2n1C. The summed E-state index contributed by atoms with van der Waals surface area (Å²) in [6, 6.07) is 8.92. The van der Waals surface area contributed by atoms with Crippen LogP contribution < -0.4 is 0 Å². The van der Waals surface area contributed by atoms with Crippen molar-refractivity contribution < 1.29 is 0 Å².